The first-order chi connectivity index (χ1) is 8.01. The van der Waals surface area contributed by atoms with Gasteiger partial charge in [0.05, 0.1) is 0 Å². The van der Waals surface area contributed by atoms with Crippen molar-refractivity contribution in [3.05, 3.63) is 34.4 Å². The number of benzene rings is 1. The number of halogens is 3. The molecule has 1 atom stereocenters. The largest absolute Gasteiger partial charge is 0.479 e. The van der Waals surface area contributed by atoms with Gasteiger partial charge in [-0.2, -0.15) is 13.2 Å². The average Bonchev–Trinajstić information content (AvgIpc) is 2.20. The number of hydrogen-bond acceptors (Lipinski definition) is 2. The molecule has 3 N–H and O–H groups in total. The summed E-state index contributed by atoms with van der Waals surface area (Å²) in [5.74, 6) is -2.11. The van der Waals surface area contributed by atoms with Crippen molar-refractivity contribution >= 4 is 5.97 Å². The van der Waals surface area contributed by atoms with E-state index in [0.29, 0.717) is 5.56 Å². The number of nitrogens with two attached hydrogens (primary N) is 1. The van der Waals surface area contributed by atoms with Gasteiger partial charge in [-0.25, -0.2) is 4.79 Å². The lowest BCUT2D eigenvalue weighted by Crippen LogP contribution is -2.57. The number of rotatable bonds is 2. The highest BCUT2D eigenvalue weighted by molar-refractivity contribution is 5.82. The Hall–Kier alpha value is -1.56. The van der Waals surface area contributed by atoms with E-state index in [-0.39, 0.29) is 5.56 Å². The average molecular weight is 261 g/mol. The molecule has 0 saturated heterocycles. The highest BCUT2D eigenvalue weighted by atomic mass is 19.4. The third-order valence-electron chi connectivity index (χ3n) is 3.05. The minimum Gasteiger partial charge on any atom is -0.479 e. The molecule has 0 saturated carbocycles. The maximum absolute atomic E-state index is 12.9. The molecule has 1 rings (SSSR count). The summed E-state index contributed by atoms with van der Waals surface area (Å²) < 4.78 is 38.8. The first-order valence-corrected chi connectivity index (χ1v) is 5.19. The van der Waals surface area contributed by atoms with Gasteiger partial charge in [-0.15, -0.1) is 0 Å². The maximum Gasteiger partial charge on any atom is 0.421 e. The van der Waals surface area contributed by atoms with Crippen LogP contribution in [0.5, 0.6) is 0 Å². The number of aryl methyl sites for hydroxylation is 3. The van der Waals surface area contributed by atoms with Crippen LogP contribution < -0.4 is 5.73 Å². The van der Waals surface area contributed by atoms with E-state index in [1.807, 2.05) is 0 Å². The van der Waals surface area contributed by atoms with Crippen molar-refractivity contribution < 1.29 is 23.1 Å². The van der Waals surface area contributed by atoms with E-state index in [1.165, 1.54) is 19.1 Å². The predicted molar refractivity (Wildman–Crippen MR) is 60.2 cm³/mol. The minimum atomic E-state index is -5.06. The third kappa shape index (κ3) is 2.08. The molecule has 18 heavy (non-hydrogen) atoms. The number of aliphatic carboxylic acids is 1. The van der Waals surface area contributed by atoms with Crippen LogP contribution in [0.4, 0.5) is 13.2 Å². The van der Waals surface area contributed by atoms with Crippen molar-refractivity contribution in [2.45, 2.75) is 32.5 Å². The van der Waals surface area contributed by atoms with Gasteiger partial charge in [-0.3, -0.25) is 0 Å². The van der Waals surface area contributed by atoms with Crippen molar-refractivity contribution in [2.24, 2.45) is 5.73 Å². The maximum atomic E-state index is 12.9. The lowest BCUT2D eigenvalue weighted by atomic mass is 9.85. The van der Waals surface area contributed by atoms with Crippen LogP contribution in [-0.2, 0) is 10.3 Å². The SMILES string of the molecule is Cc1cc(C)c(C(N)(C(=O)O)C(F)(F)F)cc1C. The lowest BCUT2D eigenvalue weighted by molar-refractivity contribution is -0.204. The van der Waals surface area contributed by atoms with Crippen LogP contribution in [0.1, 0.15) is 22.3 Å². The number of carboxylic acids is 1. The molecule has 100 valence electrons. The van der Waals surface area contributed by atoms with Gasteiger partial charge in [-0.05, 0) is 43.0 Å². The van der Waals surface area contributed by atoms with Crippen LogP contribution in [0.2, 0.25) is 0 Å². The second-order valence-electron chi connectivity index (χ2n) is 4.36. The Bertz CT molecular complexity index is 497. The molecule has 1 unspecified atom stereocenters. The summed E-state index contributed by atoms with van der Waals surface area (Å²) in [6.07, 6.45) is -5.06. The Morgan fingerprint density at radius 3 is 1.94 bits per heavy atom. The molecule has 0 aliphatic carbocycles. The topological polar surface area (TPSA) is 63.3 Å². The number of carbonyl (C=O) groups is 1. The van der Waals surface area contributed by atoms with E-state index < -0.39 is 23.2 Å². The van der Waals surface area contributed by atoms with Gasteiger partial charge in [-0.1, -0.05) is 12.1 Å². The van der Waals surface area contributed by atoms with Crippen molar-refractivity contribution in [3.63, 3.8) is 0 Å². The number of hydrogen-bond donors (Lipinski definition) is 2. The zero-order chi connectivity index (χ0) is 14.3. The van der Waals surface area contributed by atoms with Gasteiger partial charge in [0.2, 0.25) is 5.54 Å². The predicted octanol–water partition coefficient (Wildman–Crippen LogP) is 2.41. The van der Waals surface area contributed by atoms with Crippen LogP contribution in [0.15, 0.2) is 12.1 Å². The molecule has 0 aliphatic heterocycles. The Labute approximate surface area is 102 Å². The van der Waals surface area contributed by atoms with E-state index >= 15 is 0 Å². The normalized spacial score (nSPS) is 15.3. The van der Waals surface area contributed by atoms with Gasteiger partial charge in [0.25, 0.3) is 0 Å². The molecule has 0 radical (unpaired) electrons. The molecule has 0 heterocycles. The molecule has 1 aromatic carbocycles. The first-order valence-electron chi connectivity index (χ1n) is 5.19. The van der Waals surface area contributed by atoms with Crippen LogP contribution in [0.25, 0.3) is 0 Å². The number of alkyl halides is 3. The number of carboxylic acid groups (broad SMARTS) is 1. The van der Waals surface area contributed by atoms with Gasteiger partial charge in [0.15, 0.2) is 0 Å². The van der Waals surface area contributed by atoms with E-state index in [0.717, 1.165) is 5.56 Å². The van der Waals surface area contributed by atoms with Crippen molar-refractivity contribution in [3.8, 4) is 0 Å². The fourth-order valence-corrected chi connectivity index (χ4v) is 1.77. The molecule has 0 amide bonds. The van der Waals surface area contributed by atoms with Crippen LogP contribution in [0, 0.1) is 20.8 Å². The fourth-order valence-electron chi connectivity index (χ4n) is 1.77. The minimum absolute atomic E-state index is 0.209. The Morgan fingerprint density at radius 1 is 1.11 bits per heavy atom. The lowest BCUT2D eigenvalue weighted by Gasteiger charge is -2.29. The summed E-state index contributed by atoms with van der Waals surface area (Å²) in [6, 6.07) is 2.69. The molecular formula is C12H14F3NO2. The molecule has 6 heteroatoms. The van der Waals surface area contributed by atoms with E-state index in [2.05, 4.69) is 0 Å². The summed E-state index contributed by atoms with van der Waals surface area (Å²) in [5.41, 5.74) is 2.89. The van der Waals surface area contributed by atoms with Crippen LogP contribution in [-0.4, -0.2) is 17.3 Å². The van der Waals surface area contributed by atoms with Crippen molar-refractivity contribution in [1.29, 1.82) is 0 Å². The molecule has 3 nitrogen and oxygen atoms in total. The van der Waals surface area contributed by atoms with Crippen molar-refractivity contribution in [1.82, 2.24) is 0 Å². The molecule has 0 aliphatic rings. The highest BCUT2D eigenvalue weighted by Gasteiger charge is 2.60. The monoisotopic (exact) mass is 261 g/mol. The molecule has 0 bridgehead atoms. The summed E-state index contributed by atoms with van der Waals surface area (Å²) in [7, 11) is 0. The first kappa shape index (κ1) is 14.5. The van der Waals surface area contributed by atoms with E-state index in [4.69, 9.17) is 10.8 Å². The molecule has 0 spiro atoms. The van der Waals surface area contributed by atoms with E-state index in [9.17, 15) is 18.0 Å². The highest BCUT2D eigenvalue weighted by Crippen LogP contribution is 2.39. The zero-order valence-electron chi connectivity index (χ0n) is 10.2. The van der Waals surface area contributed by atoms with Gasteiger partial charge in [0.1, 0.15) is 0 Å². The summed E-state index contributed by atoms with van der Waals surface area (Å²) in [6.45, 7) is 4.76. The Balaban J connectivity index is 3.60. The fraction of sp³-hybridized carbons (Fsp3) is 0.417. The summed E-state index contributed by atoms with van der Waals surface area (Å²) in [5, 5.41) is 8.86. The second kappa shape index (κ2) is 4.28. The summed E-state index contributed by atoms with van der Waals surface area (Å²) in [4.78, 5) is 11.0. The zero-order valence-corrected chi connectivity index (χ0v) is 10.2. The Kier molecular flexibility index (Phi) is 3.44. The smallest absolute Gasteiger partial charge is 0.421 e. The van der Waals surface area contributed by atoms with Crippen LogP contribution in [0.3, 0.4) is 0 Å². The van der Waals surface area contributed by atoms with Gasteiger partial charge < -0.3 is 10.8 Å². The molecule has 0 aromatic heterocycles. The molecular weight excluding hydrogens is 247 g/mol. The molecule has 1 aromatic rings. The second-order valence-corrected chi connectivity index (χ2v) is 4.36. The van der Waals surface area contributed by atoms with E-state index in [1.54, 1.807) is 13.8 Å². The summed E-state index contributed by atoms with van der Waals surface area (Å²) >= 11 is 0. The van der Waals surface area contributed by atoms with Gasteiger partial charge >= 0.3 is 12.1 Å². The van der Waals surface area contributed by atoms with Crippen molar-refractivity contribution in [2.75, 3.05) is 0 Å². The standard InChI is InChI=1S/C12H14F3NO2/c1-6-4-8(3)9(5-7(6)2)11(16,10(17)18)12(13,14)15/h4-5H,16H2,1-3H3,(H,17,18). The third-order valence-corrected chi connectivity index (χ3v) is 3.05. The quantitative estimate of drug-likeness (QED) is 0.859. The molecule has 0 fully saturated rings. The van der Waals surface area contributed by atoms with Crippen LogP contribution >= 0.6 is 0 Å². The van der Waals surface area contributed by atoms with Gasteiger partial charge in [0, 0.05) is 0 Å². The Morgan fingerprint density at radius 2 is 1.56 bits per heavy atom.